The van der Waals surface area contributed by atoms with Crippen LogP contribution in [0.3, 0.4) is 0 Å². The van der Waals surface area contributed by atoms with Gasteiger partial charge in [0.15, 0.2) is 0 Å². The summed E-state index contributed by atoms with van der Waals surface area (Å²) >= 11 is 0. The van der Waals surface area contributed by atoms with Gasteiger partial charge in [-0.3, -0.25) is 9.69 Å². The normalized spacial score (nSPS) is 16.1. The van der Waals surface area contributed by atoms with Gasteiger partial charge in [0.2, 0.25) is 5.91 Å². The Labute approximate surface area is 128 Å². The second-order valence-electron chi connectivity index (χ2n) is 5.92. The van der Waals surface area contributed by atoms with Crippen molar-refractivity contribution in [1.29, 1.82) is 0 Å². The average molecular weight is 288 g/mol. The van der Waals surface area contributed by atoms with Crippen molar-refractivity contribution in [3.63, 3.8) is 0 Å². The molecule has 1 aliphatic heterocycles. The number of aryl methyl sites for hydroxylation is 1. The fourth-order valence-corrected chi connectivity index (χ4v) is 2.86. The highest BCUT2D eigenvalue weighted by molar-refractivity contribution is 5.76. The zero-order valence-electron chi connectivity index (χ0n) is 13.3. The molecule has 1 fully saturated rings. The standard InChI is InChI=1S/C18H28N2O/c1-2-3-11-18(21)20-15-13-19(14-16-20)12-7-10-17-8-5-4-6-9-17/h4-6,8-9H,2-3,7,10-16H2,1H3. The van der Waals surface area contributed by atoms with E-state index in [0.717, 1.165) is 58.4 Å². The summed E-state index contributed by atoms with van der Waals surface area (Å²) < 4.78 is 0. The van der Waals surface area contributed by atoms with Crippen LogP contribution >= 0.6 is 0 Å². The molecule has 3 heteroatoms. The summed E-state index contributed by atoms with van der Waals surface area (Å²) in [6, 6.07) is 10.7. The number of benzene rings is 1. The smallest absolute Gasteiger partial charge is 0.222 e. The zero-order valence-corrected chi connectivity index (χ0v) is 13.3. The van der Waals surface area contributed by atoms with Crippen LogP contribution in [-0.2, 0) is 11.2 Å². The van der Waals surface area contributed by atoms with E-state index in [9.17, 15) is 4.79 Å². The fourth-order valence-electron chi connectivity index (χ4n) is 2.86. The highest BCUT2D eigenvalue weighted by atomic mass is 16.2. The van der Waals surface area contributed by atoms with Crippen molar-refractivity contribution < 1.29 is 4.79 Å². The molecular weight excluding hydrogens is 260 g/mol. The Bertz CT molecular complexity index is 410. The third-order valence-electron chi connectivity index (χ3n) is 4.25. The number of hydrogen-bond donors (Lipinski definition) is 0. The predicted octanol–water partition coefficient (Wildman–Crippen LogP) is 2.95. The van der Waals surface area contributed by atoms with Crippen molar-refractivity contribution in [3.05, 3.63) is 35.9 Å². The first-order valence-corrected chi connectivity index (χ1v) is 8.33. The summed E-state index contributed by atoms with van der Waals surface area (Å²) in [4.78, 5) is 16.5. The number of rotatable bonds is 7. The lowest BCUT2D eigenvalue weighted by Gasteiger charge is -2.34. The monoisotopic (exact) mass is 288 g/mol. The van der Waals surface area contributed by atoms with Crippen LogP contribution < -0.4 is 0 Å². The van der Waals surface area contributed by atoms with Gasteiger partial charge in [0, 0.05) is 32.6 Å². The van der Waals surface area contributed by atoms with E-state index in [-0.39, 0.29) is 0 Å². The van der Waals surface area contributed by atoms with Crippen LogP contribution in [-0.4, -0.2) is 48.4 Å². The molecule has 3 nitrogen and oxygen atoms in total. The first-order chi connectivity index (χ1) is 10.3. The zero-order chi connectivity index (χ0) is 14.9. The van der Waals surface area contributed by atoms with Crippen LogP contribution in [0, 0.1) is 0 Å². The summed E-state index contributed by atoms with van der Waals surface area (Å²) in [7, 11) is 0. The van der Waals surface area contributed by atoms with Crippen LogP contribution in [0.25, 0.3) is 0 Å². The van der Waals surface area contributed by atoms with Gasteiger partial charge in [-0.25, -0.2) is 0 Å². The van der Waals surface area contributed by atoms with Crippen molar-refractivity contribution in [2.75, 3.05) is 32.7 Å². The molecule has 21 heavy (non-hydrogen) atoms. The van der Waals surface area contributed by atoms with Gasteiger partial charge in [-0.2, -0.15) is 0 Å². The molecule has 1 saturated heterocycles. The number of hydrogen-bond acceptors (Lipinski definition) is 2. The molecule has 0 spiro atoms. The molecule has 0 N–H and O–H groups in total. The van der Waals surface area contributed by atoms with Crippen LogP contribution in [0.5, 0.6) is 0 Å². The molecule has 1 aliphatic rings. The summed E-state index contributed by atoms with van der Waals surface area (Å²) in [5, 5.41) is 0. The molecule has 1 aromatic carbocycles. The Morgan fingerprint density at radius 2 is 1.76 bits per heavy atom. The summed E-state index contributed by atoms with van der Waals surface area (Å²) in [5.74, 6) is 0.348. The van der Waals surface area contributed by atoms with Crippen molar-refractivity contribution in [3.8, 4) is 0 Å². The van der Waals surface area contributed by atoms with E-state index in [2.05, 4.69) is 42.2 Å². The van der Waals surface area contributed by atoms with Gasteiger partial charge < -0.3 is 4.90 Å². The molecule has 0 saturated carbocycles. The number of nitrogens with zero attached hydrogens (tertiary/aromatic N) is 2. The lowest BCUT2D eigenvalue weighted by Crippen LogP contribution is -2.48. The average Bonchev–Trinajstić information content (AvgIpc) is 2.54. The third kappa shape index (κ3) is 5.50. The first kappa shape index (κ1) is 16.0. The second kappa shape index (κ2) is 8.83. The highest BCUT2D eigenvalue weighted by Crippen LogP contribution is 2.08. The number of unbranched alkanes of at least 4 members (excludes halogenated alkanes) is 1. The Hall–Kier alpha value is -1.35. The molecule has 1 aromatic rings. The molecule has 0 aliphatic carbocycles. The van der Waals surface area contributed by atoms with E-state index in [1.54, 1.807) is 0 Å². The molecule has 2 rings (SSSR count). The lowest BCUT2D eigenvalue weighted by molar-refractivity contribution is -0.133. The summed E-state index contributed by atoms with van der Waals surface area (Å²) in [6.45, 7) is 7.17. The van der Waals surface area contributed by atoms with Gasteiger partial charge in [-0.1, -0.05) is 43.7 Å². The van der Waals surface area contributed by atoms with Crippen molar-refractivity contribution in [2.24, 2.45) is 0 Å². The maximum Gasteiger partial charge on any atom is 0.222 e. The Morgan fingerprint density at radius 1 is 1.05 bits per heavy atom. The summed E-state index contributed by atoms with van der Waals surface area (Å²) in [5.41, 5.74) is 1.42. The SMILES string of the molecule is CCCCC(=O)N1CCN(CCCc2ccccc2)CC1. The molecule has 1 amide bonds. The van der Waals surface area contributed by atoms with Crippen molar-refractivity contribution in [1.82, 2.24) is 9.80 Å². The molecule has 0 atom stereocenters. The fraction of sp³-hybridized carbons (Fsp3) is 0.611. The molecular formula is C18H28N2O. The van der Waals surface area contributed by atoms with E-state index in [0.29, 0.717) is 5.91 Å². The van der Waals surface area contributed by atoms with Gasteiger partial charge in [0.1, 0.15) is 0 Å². The van der Waals surface area contributed by atoms with Crippen LogP contribution in [0.1, 0.15) is 38.2 Å². The van der Waals surface area contributed by atoms with E-state index >= 15 is 0 Å². The van der Waals surface area contributed by atoms with Crippen molar-refractivity contribution >= 4 is 5.91 Å². The molecule has 0 unspecified atom stereocenters. The first-order valence-electron chi connectivity index (χ1n) is 8.33. The lowest BCUT2D eigenvalue weighted by atomic mass is 10.1. The number of carbonyl (C=O) groups excluding carboxylic acids is 1. The second-order valence-corrected chi connectivity index (χ2v) is 5.92. The quantitative estimate of drug-likeness (QED) is 0.770. The number of piperazine rings is 1. The van der Waals surface area contributed by atoms with E-state index in [1.807, 2.05) is 4.90 Å². The molecule has 116 valence electrons. The van der Waals surface area contributed by atoms with Gasteiger partial charge in [0.25, 0.3) is 0 Å². The highest BCUT2D eigenvalue weighted by Gasteiger charge is 2.19. The van der Waals surface area contributed by atoms with Crippen LogP contribution in [0.15, 0.2) is 30.3 Å². The minimum Gasteiger partial charge on any atom is -0.340 e. The largest absolute Gasteiger partial charge is 0.340 e. The van der Waals surface area contributed by atoms with Crippen LogP contribution in [0.4, 0.5) is 0 Å². The van der Waals surface area contributed by atoms with Gasteiger partial charge in [-0.05, 0) is 31.4 Å². The predicted molar refractivity (Wildman–Crippen MR) is 87.3 cm³/mol. The van der Waals surface area contributed by atoms with Gasteiger partial charge in [0.05, 0.1) is 0 Å². The third-order valence-corrected chi connectivity index (χ3v) is 4.25. The van der Waals surface area contributed by atoms with E-state index in [4.69, 9.17) is 0 Å². The van der Waals surface area contributed by atoms with Crippen molar-refractivity contribution in [2.45, 2.75) is 39.0 Å². The molecule has 1 heterocycles. The minimum atomic E-state index is 0.348. The molecule has 0 aromatic heterocycles. The van der Waals surface area contributed by atoms with E-state index < -0.39 is 0 Å². The van der Waals surface area contributed by atoms with Gasteiger partial charge >= 0.3 is 0 Å². The van der Waals surface area contributed by atoms with E-state index in [1.165, 1.54) is 12.0 Å². The Balaban J connectivity index is 1.62. The van der Waals surface area contributed by atoms with Gasteiger partial charge in [-0.15, -0.1) is 0 Å². The number of amides is 1. The topological polar surface area (TPSA) is 23.6 Å². The molecule has 0 bridgehead atoms. The molecule has 0 radical (unpaired) electrons. The maximum atomic E-state index is 12.0. The number of carbonyl (C=O) groups is 1. The maximum absolute atomic E-state index is 12.0. The Kier molecular flexibility index (Phi) is 6.74. The van der Waals surface area contributed by atoms with Crippen LogP contribution in [0.2, 0.25) is 0 Å². The minimum absolute atomic E-state index is 0.348. The Morgan fingerprint density at radius 3 is 2.43 bits per heavy atom. The summed E-state index contributed by atoms with van der Waals surface area (Å²) in [6.07, 6.45) is 5.20.